The van der Waals surface area contributed by atoms with E-state index in [4.69, 9.17) is 0 Å². The van der Waals surface area contributed by atoms with Crippen LogP contribution < -0.4 is 5.32 Å². The molecule has 1 amide bonds. The van der Waals surface area contributed by atoms with E-state index >= 15 is 0 Å². The summed E-state index contributed by atoms with van der Waals surface area (Å²) >= 11 is 1.35. The summed E-state index contributed by atoms with van der Waals surface area (Å²) in [5.41, 5.74) is 1.28. The zero-order valence-electron chi connectivity index (χ0n) is 16.1. The molecule has 0 saturated heterocycles. The lowest BCUT2D eigenvalue weighted by Gasteiger charge is -2.07. The molecule has 3 aromatic rings. The third-order valence-corrected chi connectivity index (χ3v) is 5.65. The van der Waals surface area contributed by atoms with E-state index in [-0.39, 0.29) is 5.69 Å². The molecule has 9 heteroatoms. The van der Waals surface area contributed by atoms with Crippen LogP contribution in [0.4, 0.5) is 13.9 Å². The van der Waals surface area contributed by atoms with Crippen LogP contribution >= 0.6 is 11.3 Å². The molecule has 0 aliphatic carbocycles. The van der Waals surface area contributed by atoms with Crippen molar-refractivity contribution in [2.24, 2.45) is 0 Å². The smallest absolute Gasteiger partial charge is 0.261 e. The number of aromatic nitrogens is 4. The van der Waals surface area contributed by atoms with Crippen LogP contribution in [-0.2, 0) is 0 Å². The van der Waals surface area contributed by atoms with E-state index in [1.807, 2.05) is 0 Å². The highest BCUT2D eigenvalue weighted by molar-refractivity contribution is 7.15. The third-order valence-electron chi connectivity index (χ3n) is 4.65. The quantitative estimate of drug-likeness (QED) is 0.641. The average Bonchev–Trinajstić information content (AvgIpc) is 3.20. The molecular weight excluding hydrogens is 384 g/mol. The van der Waals surface area contributed by atoms with Crippen molar-refractivity contribution in [3.8, 4) is 5.69 Å². The van der Waals surface area contributed by atoms with Crippen LogP contribution in [0.5, 0.6) is 0 Å². The van der Waals surface area contributed by atoms with Gasteiger partial charge in [-0.1, -0.05) is 25.2 Å². The number of hydrogen-bond donors (Lipinski definition) is 1. The van der Waals surface area contributed by atoms with Gasteiger partial charge in [-0.15, -0.1) is 10.2 Å². The second-order valence-corrected chi connectivity index (χ2v) is 7.48. The van der Waals surface area contributed by atoms with Crippen LogP contribution in [0.15, 0.2) is 18.2 Å². The molecule has 148 valence electrons. The molecule has 0 atom stereocenters. The Kier molecular flexibility index (Phi) is 5.83. The lowest BCUT2D eigenvalue weighted by molar-refractivity contribution is 0.102. The normalized spacial score (nSPS) is 11.2. The molecule has 0 aliphatic rings. The van der Waals surface area contributed by atoms with Gasteiger partial charge in [-0.25, -0.2) is 13.5 Å². The highest BCUT2D eigenvalue weighted by Crippen LogP contribution is 2.29. The van der Waals surface area contributed by atoms with E-state index in [1.54, 1.807) is 13.8 Å². The highest BCUT2D eigenvalue weighted by atomic mass is 32.1. The summed E-state index contributed by atoms with van der Waals surface area (Å²) in [6, 6.07) is 3.22. The summed E-state index contributed by atoms with van der Waals surface area (Å²) in [5, 5.41) is 16.5. The molecule has 0 radical (unpaired) electrons. The Morgan fingerprint density at radius 2 is 1.93 bits per heavy atom. The monoisotopic (exact) mass is 405 g/mol. The van der Waals surface area contributed by atoms with Gasteiger partial charge in [-0.05, 0) is 38.8 Å². The first-order valence-corrected chi connectivity index (χ1v) is 9.83. The molecule has 0 bridgehead atoms. The summed E-state index contributed by atoms with van der Waals surface area (Å²) in [6.45, 7) is 7.50. The first-order chi connectivity index (χ1) is 13.3. The Morgan fingerprint density at radius 1 is 1.21 bits per heavy atom. The molecular formula is C19H21F2N5OS. The van der Waals surface area contributed by atoms with Crippen molar-refractivity contribution in [2.75, 3.05) is 5.32 Å². The first kappa shape index (κ1) is 20.1. The molecule has 0 unspecified atom stereocenters. The topological polar surface area (TPSA) is 72.7 Å². The average molecular weight is 405 g/mol. The Morgan fingerprint density at radius 3 is 2.57 bits per heavy atom. The fraction of sp³-hybridized carbons (Fsp3) is 0.368. The fourth-order valence-corrected chi connectivity index (χ4v) is 4.11. The number of nitrogens with one attached hydrogen (secondary N) is 1. The molecule has 0 saturated carbocycles. The number of nitrogens with zero attached hydrogens (tertiary/aromatic N) is 4. The van der Waals surface area contributed by atoms with Crippen molar-refractivity contribution in [1.82, 2.24) is 20.0 Å². The molecule has 0 fully saturated rings. The molecule has 0 aliphatic heterocycles. The molecule has 1 aromatic carbocycles. The lowest BCUT2D eigenvalue weighted by atomic mass is 10.1. The second-order valence-electron chi connectivity index (χ2n) is 6.47. The maximum Gasteiger partial charge on any atom is 0.261 e. The highest BCUT2D eigenvalue weighted by Gasteiger charge is 2.22. The number of aryl methyl sites for hydroxylation is 1. The predicted octanol–water partition coefficient (Wildman–Crippen LogP) is 4.77. The van der Waals surface area contributed by atoms with Gasteiger partial charge in [-0.2, -0.15) is 5.10 Å². The van der Waals surface area contributed by atoms with Crippen molar-refractivity contribution in [3.63, 3.8) is 0 Å². The summed E-state index contributed by atoms with van der Waals surface area (Å²) in [7, 11) is 0. The molecule has 2 heterocycles. The Hall–Kier alpha value is -2.68. The number of halogens is 2. The molecule has 28 heavy (non-hydrogen) atoms. The minimum atomic E-state index is -0.753. The summed E-state index contributed by atoms with van der Waals surface area (Å²) in [5.74, 6) is -1.51. The van der Waals surface area contributed by atoms with Gasteiger partial charge in [-0.3, -0.25) is 10.1 Å². The minimum absolute atomic E-state index is 0.0768. The van der Waals surface area contributed by atoms with E-state index in [1.165, 1.54) is 22.1 Å². The Bertz CT molecular complexity index is 1010. The van der Waals surface area contributed by atoms with Crippen LogP contribution in [0.1, 0.15) is 59.4 Å². The van der Waals surface area contributed by atoms with Crippen LogP contribution in [0.25, 0.3) is 5.69 Å². The van der Waals surface area contributed by atoms with Crippen LogP contribution in [0.2, 0.25) is 0 Å². The second kappa shape index (κ2) is 8.14. The zero-order valence-corrected chi connectivity index (χ0v) is 16.9. The van der Waals surface area contributed by atoms with Gasteiger partial charge >= 0.3 is 0 Å². The van der Waals surface area contributed by atoms with Gasteiger partial charge < -0.3 is 0 Å². The number of amides is 1. The SMILES string of the molecule is CCC(CC)c1nnc(NC(=O)c2c(C)nn(-c3ccc(F)cc3F)c2C)s1. The molecule has 1 N–H and O–H groups in total. The molecule has 2 aromatic heterocycles. The molecule has 6 nitrogen and oxygen atoms in total. The van der Waals surface area contributed by atoms with Gasteiger partial charge in [0.25, 0.3) is 5.91 Å². The largest absolute Gasteiger partial charge is 0.296 e. The van der Waals surface area contributed by atoms with E-state index in [9.17, 15) is 13.6 Å². The minimum Gasteiger partial charge on any atom is -0.296 e. The van der Waals surface area contributed by atoms with Crippen LogP contribution in [-0.4, -0.2) is 25.9 Å². The summed E-state index contributed by atoms with van der Waals surface area (Å²) < 4.78 is 28.6. The Balaban J connectivity index is 1.88. The van der Waals surface area contributed by atoms with Gasteiger partial charge in [0.2, 0.25) is 5.13 Å². The Labute approximate surface area is 165 Å². The summed E-state index contributed by atoms with van der Waals surface area (Å²) in [4.78, 5) is 12.8. The van der Waals surface area contributed by atoms with Crippen molar-refractivity contribution < 1.29 is 13.6 Å². The van der Waals surface area contributed by atoms with Gasteiger partial charge in [0.1, 0.15) is 16.5 Å². The van der Waals surface area contributed by atoms with Crippen LogP contribution in [0, 0.1) is 25.5 Å². The maximum absolute atomic E-state index is 14.1. The molecule has 3 rings (SSSR count). The van der Waals surface area contributed by atoms with Crippen molar-refractivity contribution in [2.45, 2.75) is 46.5 Å². The number of anilines is 1. The zero-order chi connectivity index (χ0) is 20.4. The first-order valence-electron chi connectivity index (χ1n) is 9.02. The van der Waals surface area contributed by atoms with Gasteiger partial charge in [0.05, 0.1) is 17.0 Å². The number of hydrogen-bond acceptors (Lipinski definition) is 5. The standard InChI is InChI=1S/C19H21F2N5OS/c1-5-12(6-2)18-23-24-19(28-18)22-17(27)16-10(3)25-26(11(16)4)15-8-7-13(20)9-14(15)21/h7-9,12H,5-6H2,1-4H3,(H,22,24,27). The summed E-state index contributed by atoms with van der Waals surface area (Å²) in [6.07, 6.45) is 1.90. The van der Waals surface area contributed by atoms with Crippen molar-refractivity contribution in [3.05, 3.63) is 51.8 Å². The van der Waals surface area contributed by atoms with E-state index in [0.29, 0.717) is 28.0 Å². The van der Waals surface area contributed by atoms with E-state index < -0.39 is 17.5 Å². The predicted molar refractivity (Wildman–Crippen MR) is 104 cm³/mol. The van der Waals surface area contributed by atoms with Crippen LogP contribution in [0.3, 0.4) is 0 Å². The number of benzene rings is 1. The number of carbonyl (C=O) groups is 1. The fourth-order valence-electron chi connectivity index (χ4n) is 3.11. The third kappa shape index (κ3) is 3.80. The lowest BCUT2D eigenvalue weighted by Crippen LogP contribution is -2.14. The van der Waals surface area contributed by atoms with E-state index in [2.05, 4.69) is 34.5 Å². The van der Waals surface area contributed by atoms with Crippen molar-refractivity contribution in [1.29, 1.82) is 0 Å². The van der Waals surface area contributed by atoms with Gasteiger partial charge in [0, 0.05) is 12.0 Å². The number of carbonyl (C=O) groups excluding carboxylic acids is 1. The van der Waals surface area contributed by atoms with Crippen molar-refractivity contribution >= 4 is 22.4 Å². The number of rotatable bonds is 6. The van der Waals surface area contributed by atoms with E-state index in [0.717, 1.165) is 30.0 Å². The van der Waals surface area contributed by atoms with Gasteiger partial charge in [0.15, 0.2) is 5.82 Å². The molecule has 0 spiro atoms. The maximum atomic E-state index is 14.1.